The van der Waals surface area contributed by atoms with Gasteiger partial charge in [-0.25, -0.2) is 9.07 Å². The second kappa shape index (κ2) is 7.46. The van der Waals surface area contributed by atoms with E-state index >= 15 is 0 Å². The molecule has 1 aliphatic rings. The molecule has 3 heterocycles. The molecule has 0 aliphatic carbocycles. The van der Waals surface area contributed by atoms with Crippen molar-refractivity contribution in [3.63, 3.8) is 0 Å². The molecule has 138 valence electrons. The highest BCUT2D eigenvalue weighted by atomic mass is 35.5. The summed E-state index contributed by atoms with van der Waals surface area (Å²) in [6.45, 7) is 2.75. The summed E-state index contributed by atoms with van der Waals surface area (Å²) in [7, 11) is 0. The molecule has 6 nitrogen and oxygen atoms in total. The summed E-state index contributed by atoms with van der Waals surface area (Å²) in [5, 5.41) is 7.99. The summed E-state index contributed by atoms with van der Waals surface area (Å²) in [6, 6.07) is 9.52. The third-order valence-electron chi connectivity index (χ3n) is 4.38. The van der Waals surface area contributed by atoms with Gasteiger partial charge in [0.1, 0.15) is 5.82 Å². The van der Waals surface area contributed by atoms with E-state index in [1.54, 1.807) is 40.2 Å². The van der Waals surface area contributed by atoms with Crippen LogP contribution in [0.4, 0.5) is 4.39 Å². The number of pyridine rings is 1. The fourth-order valence-electron chi connectivity index (χ4n) is 3.10. The van der Waals surface area contributed by atoms with E-state index in [0.717, 1.165) is 13.1 Å². The zero-order valence-corrected chi connectivity index (χ0v) is 15.2. The Labute approximate surface area is 160 Å². The maximum absolute atomic E-state index is 13.9. The molecule has 0 saturated carbocycles. The Bertz CT molecular complexity index is 949. The molecule has 0 radical (unpaired) electrons. The number of benzene rings is 1. The molecule has 4 rings (SSSR count). The van der Waals surface area contributed by atoms with Crippen LogP contribution in [-0.2, 0) is 0 Å². The first-order valence-corrected chi connectivity index (χ1v) is 8.96. The molecule has 0 atom stereocenters. The van der Waals surface area contributed by atoms with Crippen molar-refractivity contribution >= 4 is 17.5 Å². The second-order valence-electron chi connectivity index (χ2n) is 6.24. The number of amides is 1. The van der Waals surface area contributed by atoms with Crippen molar-refractivity contribution in [1.29, 1.82) is 0 Å². The number of nitrogens with one attached hydrogen (secondary N) is 1. The van der Waals surface area contributed by atoms with Crippen LogP contribution in [0.2, 0.25) is 5.02 Å². The molecule has 1 aromatic carbocycles. The van der Waals surface area contributed by atoms with Gasteiger partial charge in [0.05, 0.1) is 17.6 Å². The van der Waals surface area contributed by atoms with Gasteiger partial charge in [0, 0.05) is 43.0 Å². The summed E-state index contributed by atoms with van der Waals surface area (Å²) in [5.41, 5.74) is 2.09. The van der Waals surface area contributed by atoms with Crippen molar-refractivity contribution < 1.29 is 9.18 Å². The fraction of sp³-hybridized carbons (Fsp3) is 0.211. The minimum absolute atomic E-state index is 0.150. The van der Waals surface area contributed by atoms with Crippen molar-refractivity contribution in [3.05, 3.63) is 65.3 Å². The van der Waals surface area contributed by atoms with Crippen LogP contribution in [-0.4, -0.2) is 51.8 Å². The minimum Gasteiger partial charge on any atom is -0.335 e. The quantitative estimate of drug-likeness (QED) is 0.753. The molecule has 0 spiro atoms. The first-order valence-electron chi connectivity index (χ1n) is 8.59. The molecule has 27 heavy (non-hydrogen) atoms. The van der Waals surface area contributed by atoms with Crippen LogP contribution >= 0.6 is 11.6 Å². The van der Waals surface area contributed by atoms with E-state index in [-0.39, 0.29) is 10.9 Å². The number of carbonyl (C=O) groups excluding carboxylic acids is 1. The normalized spacial score (nSPS) is 14.4. The number of hydrogen-bond acceptors (Lipinski definition) is 4. The SMILES string of the molecule is O=C(c1cc(-c2cc(F)cc(Cl)c2)n(-c2cccnc2)n1)N1CCNCC1. The Hall–Kier alpha value is -2.77. The van der Waals surface area contributed by atoms with E-state index in [1.807, 2.05) is 6.07 Å². The van der Waals surface area contributed by atoms with Crippen molar-refractivity contribution in [2.45, 2.75) is 0 Å². The first-order chi connectivity index (χ1) is 13.1. The molecule has 3 aromatic rings. The highest BCUT2D eigenvalue weighted by molar-refractivity contribution is 6.30. The van der Waals surface area contributed by atoms with Crippen LogP contribution < -0.4 is 5.32 Å². The van der Waals surface area contributed by atoms with Crippen molar-refractivity contribution in [2.24, 2.45) is 0 Å². The lowest BCUT2D eigenvalue weighted by Crippen LogP contribution is -2.46. The van der Waals surface area contributed by atoms with Crippen molar-refractivity contribution in [1.82, 2.24) is 25.0 Å². The second-order valence-corrected chi connectivity index (χ2v) is 6.67. The average Bonchev–Trinajstić information content (AvgIpc) is 3.13. The lowest BCUT2D eigenvalue weighted by molar-refractivity contribution is 0.0729. The van der Waals surface area contributed by atoms with Gasteiger partial charge in [-0.15, -0.1) is 0 Å². The van der Waals surface area contributed by atoms with Crippen LogP contribution in [0.15, 0.2) is 48.8 Å². The van der Waals surface area contributed by atoms with Gasteiger partial charge in [0.25, 0.3) is 5.91 Å². The lowest BCUT2D eigenvalue weighted by atomic mass is 10.1. The van der Waals surface area contributed by atoms with E-state index in [9.17, 15) is 9.18 Å². The first kappa shape index (κ1) is 17.6. The average molecular weight is 386 g/mol. The maximum atomic E-state index is 13.9. The Balaban J connectivity index is 1.81. The fourth-order valence-corrected chi connectivity index (χ4v) is 3.32. The Morgan fingerprint density at radius 2 is 2.00 bits per heavy atom. The molecule has 1 fully saturated rings. The van der Waals surface area contributed by atoms with Crippen molar-refractivity contribution in [3.8, 4) is 16.9 Å². The van der Waals surface area contributed by atoms with Crippen LogP contribution in [0.3, 0.4) is 0 Å². The van der Waals surface area contributed by atoms with E-state index in [1.165, 1.54) is 12.1 Å². The highest BCUT2D eigenvalue weighted by Gasteiger charge is 2.23. The van der Waals surface area contributed by atoms with Gasteiger partial charge >= 0.3 is 0 Å². The molecule has 0 unspecified atom stereocenters. The summed E-state index contributed by atoms with van der Waals surface area (Å²) in [5.74, 6) is -0.602. The molecule has 1 saturated heterocycles. The third-order valence-corrected chi connectivity index (χ3v) is 4.60. The number of piperazine rings is 1. The molecule has 1 amide bonds. The lowest BCUT2D eigenvalue weighted by Gasteiger charge is -2.26. The zero-order valence-electron chi connectivity index (χ0n) is 14.4. The predicted molar refractivity (Wildman–Crippen MR) is 101 cm³/mol. The summed E-state index contributed by atoms with van der Waals surface area (Å²) in [4.78, 5) is 18.7. The van der Waals surface area contributed by atoms with Gasteiger partial charge in [-0.2, -0.15) is 5.10 Å². The van der Waals surface area contributed by atoms with E-state index in [2.05, 4.69) is 15.4 Å². The van der Waals surface area contributed by atoms with Gasteiger partial charge in [-0.3, -0.25) is 9.78 Å². The number of aromatic nitrogens is 3. The van der Waals surface area contributed by atoms with E-state index < -0.39 is 5.82 Å². The van der Waals surface area contributed by atoms with Crippen LogP contribution in [0, 0.1) is 5.82 Å². The Morgan fingerprint density at radius 3 is 2.70 bits per heavy atom. The monoisotopic (exact) mass is 385 g/mol. The van der Waals surface area contributed by atoms with Gasteiger partial charge in [0.2, 0.25) is 0 Å². The molecular weight excluding hydrogens is 369 g/mol. The molecule has 8 heteroatoms. The molecular formula is C19H17ClFN5O. The smallest absolute Gasteiger partial charge is 0.274 e. The Kier molecular flexibility index (Phi) is 4.87. The standard InChI is InChI=1S/C19H17ClFN5O/c20-14-8-13(9-15(21)10-14)18-11-17(19(27)25-6-4-22-5-7-25)24-26(18)16-2-1-3-23-12-16/h1-3,8-12,22H,4-7H2. The van der Waals surface area contributed by atoms with Crippen LogP contribution in [0.1, 0.15) is 10.5 Å². The van der Waals surface area contributed by atoms with Gasteiger partial charge in [-0.05, 0) is 36.4 Å². The topological polar surface area (TPSA) is 63.1 Å². The summed E-state index contributed by atoms with van der Waals surface area (Å²) >= 11 is 6.03. The molecule has 2 aromatic heterocycles. The van der Waals surface area contributed by atoms with Gasteiger partial charge in [0.15, 0.2) is 5.69 Å². The molecule has 0 bridgehead atoms. The van der Waals surface area contributed by atoms with Gasteiger partial charge < -0.3 is 10.2 Å². The number of rotatable bonds is 3. The largest absolute Gasteiger partial charge is 0.335 e. The minimum atomic E-state index is -0.452. The maximum Gasteiger partial charge on any atom is 0.274 e. The summed E-state index contributed by atoms with van der Waals surface area (Å²) < 4.78 is 15.5. The number of halogens is 2. The zero-order chi connectivity index (χ0) is 18.8. The highest BCUT2D eigenvalue weighted by Crippen LogP contribution is 2.28. The summed E-state index contributed by atoms with van der Waals surface area (Å²) in [6.07, 6.45) is 3.29. The number of carbonyl (C=O) groups is 1. The van der Waals surface area contributed by atoms with Gasteiger partial charge in [-0.1, -0.05) is 11.6 Å². The van der Waals surface area contributed by atoms with Crippen molar-refractivity contribution in [2.75, 3.05) is 26.2 Å². The predicted octanol–water partition coefficient (Wildman–Crippen LogP) is 2.77. The van der Waals surface area contributed by atoms with E-state index in [4.69, 9.17) is 11.6 Å². The molecule has 1 N–H and O–H groups in total. The molecule has 1 aliphatic heterocycles. The van der Waals surface area contributed by atoms with Crippen LogP contribution in [0.5, 0.6) is 0 Å². The Morgan fingerprint density at radius 1 is 1.19 bits per heavy atom. The number of nitrogens with zero attached hydrogens (tertiary/aromatic N) is 4. The third kappa shape index (κ3) is 3.70. The van der Waals surface area contributed by atoms with Crippen LogP contribution in [0.25, 0.3) is 16.9 Å². The number of hydrogen-bond donors (Lipinski definition) is 1. The van der Waals surface area contributed by atoms with E-state index in [0.29, 0.717) is 35.7 Å².